The lowest BCUT2D eigenvalue weighted by Crippen LogP contribution is -2.54. The SMILES string of the molecule is O=C(O)C[C@H](NC(=O)C12CC3CC(CC(C3)C1)C2)c1ccc(OCc2ccccc2)cc1. The molecule has 0 unspecified atom stereocenters. The average Bonchev–Trinajstić information content (AvgIpc) is 2.77. The second-order valence-corrected chi connectivity index (χ2v) is 10.2. The lowest BCUT2D eigenvalue weighted by molar-refractivity contribution is -0.147. The maximum Gasteiger partial charge on any atom is 0.305 e. The summed E-state index contributed by atoms with van der Waals surface area (Å²) in [5.74, 6) is 1.89. The number of carboxylic acid groups (broad SMARTS) is 1. The van der Waals surface area contributed by atoms with Gasteiger partial charge in [0.15, 0.2) is 0 Å². The summed E-state index contributed by atoms with van der Waals surface area (Å²) in [6.45, 7) is 0.474. The van der Waals surface area contributed by atoms with Gasteiger partial charge in [-0.3, -0.25) is 9.59 Å². The summed E-state index contributed by atoms with van der Waals surface area (Å²) in [4.78, 5) is 25.0. The third kappa shape index (κ3) is 4.38. The monoisotopic (exact) mass is 433 g/mol. The van der Waals surface area contributed by atoms with E-state index in [1.807, 2.05) is 54.6 Å². The van der Waals surface area contributed by atoms with Crippen LogP contribution in [-0.4, -0.2) is 17.0 Å². The third-order valence-electron chi connectivity index (χ3n) is 7.73. The van der Waals surface area contributed by atoms with E-state index in [0.717, 1.165) is 36.1 Å². The van der Waals surface area contributed by atoms with Crippen molar-refractivity contribution in [1.29, 1.82) is 0 Å². The van der Waals surface area contributed by atoms with Gasteiger partial charge in [-0.1, -0.05) is 42.5 Å². The van der Waals surface area contributed by atoms with Crippen LogP contribution in [0.25, 0.3) is 0 Å². The van der Waals surface area contributed by atoms with Crippen molar-refractivity contribution in [3.63, 3.8) is 0 Å². The summed E-state index contributed by atoms with van der Waals surface area (Å²) in [7, 11) is 0. The molecule has 4 bridgehead atoms. The fourth-order valence-electron chi connectivity index (χ4n) is 6.66. The molecule has 6 rings (SSSR count). The van der Waals surface area contributed by atoms with Crippen LogP contribution in [0, 0.1) is 23.2 Å². The van der Waals surface area contributed by atoms with Crippen molar-refractivity contribution in [2.75, 3.05) is 0 Å². The molecule has 0 aliphatic heterocycles. The topological polar surface area (TPSA) is 75.6 Å². The van der Waals surface area contributed by atoms with Gasteiger partial charge in [0.2, 0.25) is 5.91 Å². The van der Waals surface area contributed by atoms with Crippen molar-refractivity contribution < 1.29 is 19.4 Å². The number of carbonyl (C=O) groups excluding carboxylic acids is 1. The summed E-state index contributed by atoms with van der Waals surface area (Å²) >= 11 is 0. The van der Waals surface area contributed by atoms with Crippen LogP contribution >= 0.6 is 0 Å². The average molecular weight is 434 g/mol. The lowest BCUT2D eigenvalue weighted by atomic mass is 9.49. The molecule has 0 spiro atoms. The fourth-order valence-corrected chi connectivity index (χ4v) is 6.66. The molecule has 2 N–H and O–H groups in total. The highest BCUT2D eigenvalue weighted by molar-refractivity contribution is 5.84. The van der Waals surface area contributed by atoms with Gasteiger partial charge < -0.3 is 15.2 Å². The summed E-state index contributed by atoms with van der Waals surface area (Å²) in [6.07, 6.45) is 6.60. The van der Waals surface area contributed by atoms with Crippen LogP contribution in [0.15, 0.2) is 54.6 Å². The van der Waals surface area contributed by atoms with Crippen molar-refractivity contribution in [2.45, 2.75) is 57.6 Å². The van der Waals surface area contributed by atoms with Crippen molar-refractivity contribution in [3.8, 4) is 5.75 Å². The number of aliphatic carboxylic acids is 1. The van der Waals surface area contributed by atoms with E-state index in [-0.39, 0.29) is 17.7 Å². The molecule has 0 heterocycles. The number of rotatable bonds is 8. The van der Waals surface area contributed by atoms with E-state index in [2.05, 4.69) is 5.32 Å². The first-order valence-electron chi connectivity index (χ1n) is 11.8. The molecule has 4 aliphatic carbocycles. The minimum atomic E-state index is -0.912. The van der Waals surface area contributed by atoms with E-state index in [1.165, 1.54) is 19.3 Å². The highest BCUT2D eigenvalue weighted by Gasteiger charge is 2.54. The minimum Gasteiger partial charge on any atom is -0.489 e. The summed E-state index contributed by atoms with van der Waals surface area (Å²) in [6, 6.07) is 16.9. The molecular weight excluding hydrogens is 402 g/mol. The summed E-state index contributed by atoms with van der Waals surface area (Å²) in [5, 5.41) is 12.6. The normalized spacial score (nSPS) is 28.8. The van der Waals surface area contributed by atoms with Gasteiger partial charge in [-0.2, -0.15) is 0 Å². The Morgan fingerprint density at radius 2 is 1.53 bits per heavy atom. The van der Waals surface area contributed by atoms with Gasteiger partial charge in [0.1, 0.15) is 12.4 Å². The molecule has 2 aromatic carbocycles. The minimum absolute atomic E-state index is 0.0623. The maximum absolute atomic E-state index is 13.5. The number of hydrogen-bond acceptors (Lipinski definition) is 3. The van der Waals surface area contributed by atoms with Crippen LogP contribution in [0.1, 0.15) is 62.1 Å². The third-order valence-corrected chi connectivity index (χ3v) is 7.73. The van der Waals surface area contributed by atoms with E-state index in [4.69, 9.17) is 4.74 Å². The lowest BCUT2D eigenvalue weighted by Gasteiger charge is -2.55. The largest absolute Gasteiger partial charge is 0.489 e. The van der Waals surface area contributed by atoms with Gasteiger partial charge in [0.05, 0.1) is 12.5 Å². The highest BCUT2D eigenvalue weighted by Crippen LogP contribution is 2.60. The van der Waals surface area contributed by atoms with Crippen molar-refractivity contribution >= 4 is 11.9 Å². The second-order valence-electron chi connectivity index (χ2n) is 10.2. The Kier molecular flexibility index (Phi) is 5.66. The van der Waals surface area contributed by atoms with E-state index in [0.29, 0.717) is 24.4 Å². The predicted molar refractivity (Wildman–Crippen MR) is 121 cm³/mol. The van der Waals surface area contributed by atoms with Gasteiger partial charge in [-0.15, -0.1) is 0 Å². The van der Waals surface area contributed by atoms with E-state index in [9.17, 15) is 14.7 Å². The van der Waals surface area contributed by atoms with Crippen molar-refractivity contribution in [1.82, 2.24) is 5.32 Å². The molecule has 5 nitrogen and oxygen atoms in total. The fraction of sp³-hybridized carbons (Fsp3) is 0.481. The van der Waals surface area contributed by atoms with Crippen LogP contribution in [0.2, 0.25) is 0 Å². The first-order chi connectivity index (χ1) is 15.5. The Balaban J connectivity index is 1.27. The smallest absolute Gasteiger partial charge is 0.305 e. The highest BCUT2D eigenvalue weighted by atomic mass is 16.5. The number of ether oxygens (including phenoxy) is 1. The molecule has 32 heavy (non-hydrogen) atoms. The Morgan fingerprint density at radius 1 is 0.938 bits per heavy atom. The van der Waals surface area contributed by atoms with Crippen LogP contribution in [0.4, 0.5) is 0 Å². The molecule has 0 saturated heterocycles. The van der Waals surface area contributed by atoms with Crippen LogP contribution < -0.4 is 10.1 Å². The first kappa shape index (κ1) is 21.0. The maximum atomic E-state index is 13.5. The Hall–Kier alpha value is -2.82. The van der Waals surface area contributed by atoms with Gasteiger partial charge in [-0.25, -0.2) is 0 Å². The van der Waals surface area contributed by atoms with Crippen molar-refractivity contribution in [3.05, 3.63) is 65.7 Å². The first-order valence-corrected chi connectivity index (χ1v) is 11.8. The standard InChI is InChI=1S/C27H31NO4/c29-25(30)13-24(22-6-8-23(9-7-22)32-17-18-4-2-1-3-5-18)28-26(31)27-14-19-10-20(15-27)12-21(11-19)16-27/h1-9,19-21,24H,10-17H2,(H,28,31)(H,29,30)/t19?,20?,21?,24-,27?/m0/s1. The molecule has 5 heteroatoms. The van der Waals surface area contributed by atoms with E-state index in [1.54, 1.807) is 0 Å². The molecule has 2 aromatic rings. The van der Waals surface area contributed by atoms with Gasteiger partial charge in [0.25, 0.3) is 0 Å². The Morgan fingerprint density at radius 3 is 2.09 bits per heavy atom. The van der Waals surface area contributed by atoms with Gasteiger partial charge >= 0.3 is 5.97 Å². The molecule has 4 saturated carbocycles. The van der Waals surface area contributed by atoms with Gasteiger partial charge in [-0.05, 0) is 79.5 Å². The molecule has 1 amide bonds. The van der Waals surface area contributed by atoms with Crippen molar-refractivity contribution in [2.24, 2.45) is 23.2 Å². The number of nitrogens with one attached hydrogen (secondary N) is 1. The van der Waals surface area contributed by atoms with Crippen LogP contribution in [0.3, 0.4) is 0 Å². The number of carboxylic acids is 1. The van der Waals surface area contributed by atoms with Crippen LogP contribution in [0.5, 0.6) is 5.75 Å². The van der Waals surface area contributed by atoms with Crippen LogP contribution in [-0.2, 0) is 16.2 Å². The molecular formula is C27H31NO4. The zero-order valence-electron chi connectivity index (χ0n) is 18.3. The molecule has 1 atom stereocenters. The second kappa shape index (κ2) is 8.61. The van der Waals surface area contributed by atoms with E-state index < -0.39 is 12.0 Å². The number of amides is 1. The quantitative estimate of drug-likeness (QED) is 0.606. The molecule has 0 aromatic heterocycles. The molecule has 4 fully saturated rings. The predicted octanol–water partition coefficient (Wildman–Crippen LogP) is 5.11. The summed E-state index contributed by atoms with van der Waals surface area (Å²) < 4.78 is 5.85. The molecule has 0 radical (unpaired) electrons. The van der Waals surface area contributed by atoms with Gasteiger partial charge in [0, 0.05) is 5.41 Å². The molecule has 4 aliphatic rings. The summed E-state index contributed by atoms with van der Waals surface area (Å²) in [5.41, 5.74) is 1.60. The number of benzene rings is 2. The van der Waals surface area contributed by atoms with E-state index >= 15 is 0 Å². The Bertz CT molecular complexity index is 934. The number of carbonyl (C=O) groups is 2. The zero-order valence-corrected chi connectivity index (χ0v) is 18.3. The Labute approximate surface area is 189 Å². The zero-order chi connectivity index (χ0) is 22.1. The molecule has 168 valence electrons. The number of hydrogen-bond donors (Lipinski definition) is 2.